The fourth-order valence-electron chi connectivity index (χ4n) is 3.45. The first-order chi connectivity index (χ1) is 14.7. The van der Waals surface area contributed by atoms with Crippen LogP contribution in [0.4, 0.5) is 5.69 Å². The highest BCUT2D eigenvalue weighted by atomic mass is 35.5. The van der Waals surface area contributed by atoms with Crippen molar-refractivity contribution in [3.63, 3.8) is 0 Å². The summed E-state index contributed by atoms with van der Waals surface area (Å²) in [5.41, 5.74) is 3.01. The van der Waals surface area contributed by atoms with Gasteiger partial charge in [0.1, 0.15) is 5.82 Å². The van der Waals surface area contributed by atoms with Crippen molar-refractivity contribution in [1.29, 1.82) is 0 Å². The highest BCUT2D eigenvalue weighted by molar-refractivity contribution is 7.89. The molecule has 1 amide bonds. The Morgan fingerprint density at radius 1 is 1.16 bits per heavy atom. The van der Waals surface area contributed by atoms with E-state index in [0.717, 1.165) is 11.1 Å². The molecule has 166 valence electrons. The second-order valence-corrected chi connectivity index (χ2v) is 9.68. The molecular formula is C22H27ClN4O3S. The molecule has 0 atom stereocenters. The molecule has 0 unspecified atom stereocenters. The molecule has 3 rings (SSSR count). The van der Waals surface area contributed by atoms with Gasteiger partial charge in [-0.1, -0.05) is 31.5 Å². The molecule has 0 aliphatic carbocycles. The van der Waals surface area contributed by atoms with Crippen molar-refractivity contribution in [3.05, 3.63) is 52.8 Å². The number of carbonyl (C=O) groups is 1. The van der Waals surface area contributed by atoms with Crippen molar-refractivity contribution in [1.82, 2.24) is 13.9 Å². The molecule has 0 saturated carbocycles. The maximum atomic E-state index is 12.8. The zero-order valence-electron chi connectivity index (χ0n) is 18.1. The molecule has 0 aliphatic rings. The van der Waals surface area contributed by atoms with Gasteiger partial charge in [0.15, 0.2) is 0 Å². The van der Waals surface area contributed by atoms with Crippen LogP contribution in [0.3, 0.4) is 0 Å². The lowest BCUT2D eigenvalue weighted by atomic mass is 10.2. The summed E-state index contributed by atoms with van der Waals surface area (Å²) in [6.07, 6.45) is 0.669. The van der Waals surface area contributed by atoms with E-state index in [2.05, 4.69) is 10.3 Å². The number of hydrogen-bond acceptors (Lipinski definition) is 4. The molecule has 1 heterocycles. The Kier molecular flexibility index (Phi) is 7.03. The summed E-state index contributed by atoms with van der Waals surface area (Å²) in [6.45, 7) is 6.34. The predicted molar refractivity (Wildman–Crippen MR) is 124 cm³/mol. The van der Waals surface area contributed by atoms with Crippen molar-refractivity contribution >= 4 is 44.3 Å². The van der Waals surface area contributed by atoms with Crippen LogP contribution in [0.5, 0.6) is 0 Å². The van der Waals surface area contributed by atoms with Gasteiger partial charge < -0.3 is 9.88 Å². The van der Waals surface area contributed by atoms with Crippen molar-refractivity contribution in [3.8, 4) is 0 Å². The SMILES string of the molecule is CCN(CC)S(=O)(=O)c1ccc2c(c1)nc(CCC(=O)Nc1ccc(C)c(Cl)c1)n2C. The Hall–Kier alpha value is -2.42. The summed E-state index contributed by atoms with van der Waals surface area (Å²) < 4.78 is 28.9. The molecule has 0 bridgehead atoms. The Bertz CT molecular complexity index is 1220. The van der Waals surface area contributed by atoms with Crippen LogP contribution in [0.1, 0.15) is 31.7 Å². The van der Waals surface area contributed by atoms with E-state index in [1.807, 2.05) is 44.5 Å². The van der Waals surface area contributed by atoms with E-state index >= 15 is 0 Å². The number of aromatic nitrogens is 2. The summed E-state index contributed by atoms with van der Waals surface area (Å²) in [5, 5.41) is 3.44. The van der Waals surface area contributed by atoms with Crippen molar-refractivity contribution in [2.24, 2.45) is 7.05 Å². The fraction of sp³-hybridized carbons (Fsp3) is 0.364. The molecule has 0 fully saturated rings. The average Bonchev–Trinajstić information content (AvgIpc) is 3.05. The standard InChI is InChI=1S/C22H27ClN4O3S/c1-5-27(6-2)31(29,30)17-9-10-20-19(14-17)25-21(26(20)4)11-12-22(28)24-16-8-7-15(3)18(23)13-16/h7-10,13-14H,5-6,11-12H2,1-4H3,(H,24,28). The van der Waals surface area contributed by atoms with E-state index in [1.165, 1.54) is 4.31 Å². The van der Waals surface area contributed by atoms with Gasteiger partial charge in [0, 0.05) is 43.7 Å². The van der Waals surface area contributed by atoms with Gasteiger partial charge in [-0.2, -0.15) is 4.31 Å². The Morgan fingerprint density at radius 3 is 2.52 bits per heavy atom. The molecule has 7 nitrogen and oxygen atoms in total. The highest BCUT2D eigenvalue weighted by Crippen LogP contribution is 2.23. The number of benzene rings is 2. The molecule has 3 aromatic rings. The number of nitrogens with zero attached hydrogens (tertiary/aromatic N) is 3. The number of fused-ring (bicyclic) bond motifs is 1. The maximum absolute atomic E-state index is 12.8. The summed E-state index contributed by atoms with van der Waals surface area (Å²) in [4.78, 5) is 17.2. The molecule has 2 aromatic carbocycles. The second-order valence-electron chi connectivity index (χ2n) is 7.34. The minimum absolute atomic E-state index is 0.142. The molecular weight excluding hydrogens is 436 g/mol. The third-order valence-electron chi connectivity index (χ3n) is 5.32. The van der Waals surface area contributed by atoms with E-state index in [-0.39, 0.29) is 17.2 Å². The van der Waals surface area contributed by atoms with Crippen LogP contribution < -0.4 is 5.32 Å². The Labute approximate surface area is 188 Å². The minimum atomic E-state index is -3.55. The number of amides is 1. The molecule has 0 aliphatic heterocycles. The van der Waals surface area contributed by atoms with Crippen LogP contribution in [0.15, 0.2) is 41.3 Å². The average molecular weight is 463 g/mol. The summed E-state index contributed by atoms with van der Waals surface area (Å²) in [6, 6.07) is 10.4. The smallest absolute Gasteiger partial charge is 0.243 e. The molecule has 9 heteroatoms. The third-order valence-corrected chi connectivity index (χ3v) is 7.77. The number of anilines is 1. The van der Waals surface area contributed by atoms with Crippen LogP contribution in [0.25, 0.3) is 11.0 Å². The lowest BCUT2D eigenvalue weighted by Crippen LogP contribution is -2.30. The minimum Gasteiger partial charge on any atom is -0.331 e. The van der Waals surface area contributed by atoms with Gasteiger partial charge in [-0.05, 0) is 42.8 Å². The monoisotopic (exact) mass is 462 g/mol. The predicted octanol–water partition coefficient (Wildman–Crippen LogP) is 4.14. The summed E-state index contributed by atoms with van der Waals surface area (Å²) in [5.74, 6) is 0.571. The normalized spacial score (nSPS) is 11.9. The fourth-order valence-corrected chi connectivity index (χ4v) is 5.10. The number of nitrogens with one attached hydrogen (secondary N) is 1. The number of halogens is 1. The van der Waals surface area contributed by atoms with Gasteiger partial charge in [0.05, 0.1) is 15.9 Å². The molecule has 31 heavy (non-hydrogen) atoms. The number of carbonyl (C=O) groups excluding carboxylic acids is 1. The summed E-state index contributed by atoms with van der Waals surface area (Å²) >= 11 is 6.11. The van der Waals surface area contributed by atoms with E-state index in [0.29, 0.717) is 41.6 Å². The first-order valence-corrected chi connectivity index (χ1v) is 12.0. The van der Waals surface area contributed by atoms with Crippen molar-refractivity contribution < 1.29 is 13.2 Å². The third kappa shape index (κ3) is 4.92. The second kappa shape index (κ2) is 9.38. The maximum Gasteiger partial charge on any atom is 0.243 e. The van der Waals surface area contributed by atoms with Crippen LogP contribution in [-0.2, 0) is 28.3 Å². The number of aryl methyl sites for hydroxylation is 3. The zero-order chi connectivity index (χ0) is 22.8. The largest absolute Gasteiger partial charge is 0.331 e. The quantitative estimate of drug-likeness (QED) is 0.545. The van der Waals surface area contributed by atoms with Crippen LogP contribution in [-0.4, -0.2) is 41.3 Å². The van der Waals surface area contributed by atoms with E-state index in [4.69, 9.17) is 11.6 Å². The summed E-state index contributed by atoms with van der Waals surface area (Å²) in [7, 11) is -1.69. The van der Waals surface area contributed by atoms with Gasteiger partial charge >= 0.3 is 0 Å². The van der Waals surface area contributed by atoms with Crippen molar-refractivity contribution in [2.75, 3.05) is 18.4 Å². The Balaban J connectivity index is 1.76. The van der Waals surface area contributed by atoms with E-state index in [9.17, 15) is 13.2 Å². The van der Waals surface area contributed by atoms with Gasteiger partial charge in [-0.25, -0.2) is 13.4 Å². The Morgan fingerprint density at radius 2 is 1.87 bits per heavy atom. The molecule has 1 aromatic heterocycles. The van der Waals surface area contributed by atoms with E-state index in [1.54, 1.807) is 24.3 Å². The number of hydrogen-bond donors (Lipinski definition) is 1. The first-order valence-electron chi connectivity index (χ1n) is 10.2. The lowest BCUT2D eigenvalue weighted by molar-refractivity contribution is -0.116. The van der Waals surface area contributed by atoms with Crippen molar-refractivity contribution in [2.45, 2.75) is 38.5 Å². The van der Waals surface area contributed by atoms with Gasteiger partial charge in [-0.15, -0.1) is 0 Å². The number of sulfonamides is 1. The van der Waals surface area contributed by atoms with Crippen LogP contribution >= 0.6 is 11.6 Å². The van der Waals surface area contributed by atoms with Gasteiger partial charge in [-0.3, -0.25) is 4.79 Å². The first kappa shape index (κ1) is 23.2. The molecule has 0 saturated heterocycles. The van der Waals surface area contributed by atoms with Gasteiger partial charge in [0.25, 0.3) is 0 Å². The zero-order valence-corrected chi connectivity index (χ0v) is 19.7. The van der Waals surface area contributed by atoms with E-state index < -0.39 is 10.0 Å². The topological polar surface area (TPSA) is 84.3 Å². The van der Waals surface area contributed by atoms with Crippen LogP contribution in [0.2, 0.25) is 5.02 Å². The van der Waals surface area contributed by atoms with Crippen LogP contribution in [0, 0.1) is 6.92 Å². The number of rotatable bonds is 8. The van der Waals surface area contributed by atoms with Gasteiger partial charge in [0.2, 0.25) is 15.9 Å². The lowest BCUT2D eigenvalue weighted by Gasteiger charge is -2.18. The molecule has 1 N–H and O–H groups in total. The highest BCUT2D eigenvalue weighted by Gasteiger charge is 2.22. The molecule has 0 spiro atoms. The molecule has 0 radical (unpaired) electrons. The number of imidazole rings is 1.